The van der Waals surface area contributed by atoms with Gasteiger partial charge in [-0.1, -0.05) is 65.9 Å². The molecule has 2 fully saturated rings. The minimum absolute atomic E-state index is 0.0877. The van der Waals surface area contributed by atoms with E-state index in [4.69, 9.17) is 0 Å². The van der Waals surface area contributed by atoms with Crippen molar-refractivity contribution in [2.75, 3.05) is 0 Å². The Hall–Kier alpha value is -1.50. The summed E-state index contributed by atoms with van der Waals surface area (Å²) in [5, 5.41) is 0. The molecule has 0 heterocycles. The summed E-state index contributed by atoms with van der Waals surface area (Å²) >= 11 is 3.10. The molecular weight excluding hydrogens is 482 g/mol. The zero-order chi connectivity index (χ0) is 22.6. The van der Waals surface area contributed by atoms with E-state index in [0.717, 1.165) is 51.4 Å². The third-order valence-corrected chi connectivity index (χ3v) is 6.67. The molecule has 0 unspecified atom stereocenters. The van der Waals surface area contributed by atoms with E-state index >= 15 is 0 Å². The van der Waals surface area contributed by atoms with E-state index in [1.54, 1.807) is 24.3 Å². The second kappa shape index (κ2) is 9.97. The summed E-state index contributed by atoms with van der Waals surface area (Å²) in [5.41, 5.74) is 0.0291. The third-order valence-electron chi connectivity index (χ3n) is 6.18. The van der Waals surface area contributed by atoms with Gasteiger partial charge in [0.15, 0.2) is 0 Å². The molecule has 0 atom stereocenters. The maximum absolute atomic E-state index is 12.9. The Bertz CT molecular complexity index is 859. The third kappa shape index (κ3) is 6.27. The van der Waals surface area contributed by atoms with Crippen molar-refractivity contribution in [3.63, 3.8) is 0 Å². The highest BCUT2D eigenvalue weighted by Crippen LogP contribution is 2.43. The minimum Gasteiger partial charge on any atom is -0.166 e. The predicted octanol–water partition coefficient (Wildman–Crippen LogP) is 9.49. The second-order valence-corrected chi connectivity index (χ2v) is 9.19. The fraction of sp³-hybridized carbons (Fsp3) is 0.500. The Labute approximate surface area is 187 Å². The number of rotatable bonds is 2. The summed E-state index contributed by atoms with van der Waals surface area (Å²) in [6.45, 7) is 0. The average molecular weight is 507 g/mol. The molecule has 0 aromatic heterocycles. The lowest BCUT2D eigenvalue weighted by Crippen LogP contribution is -2.11. The molecule has 31 heavy (non-hydrogen) atoms. The van der Waals surface area contributed by atoms with Crippen LogP contribution in [-0.2, 0) is 12.4 Å². The highest BCUT2D eigenvalue weighted by Gasteiger charge is 2.36. The van der Waals surface area contributed by atoms with Crippen LogP contribution in [0.4, 0.5) is 26.3 Å². The van der Waals surface area contributed by atoms with Crippen molar-refractivity contribution in [3.05, 3.63) is 69.2 Å². The molecule has 0 aliphatic heterocycles. The molecule has 2 aliphatic carbocycles. The molecule has 2 saturated carbocycles. The lowest BCUT2D eigenvalue weighted by molar-refractivity contribution is -0.139. The van der Waals surface area contributed by atoms with Crippen molar-refractivity contribution in [1.82, 2.24) is 0 Å². The number of benzene rings is 2. The van der Waals surface area contributed by atoms with Crippen molar-refractivity contribution in [2.24, 2.45) is 0 Å². The van der Waals surface area contributed by atoms with E-state index in [-0.39, 0.29) is 11.8 Å². The lowest BCUT2D eigenvalue weighted by Gasteiger charge is -2.17. The van der Waals surface area contributed by atoms with E-state index in [9.17, 15) is 26.3 Å². The number of hydrogen-bond donors (Lipinski definition) is 0. The number of hydrogen-bond acceptors (Lipinski definition) is 0. The second-order valence-electron chi connectivity index (χ2n) is 8.28. The van der Waals surface area contributed by atoms with Crippen molar-refractivity contribution < 1.29 is 26.3 Å². The van der Waals surface area contributed by atoms with Crippen LogP contribution in [0.25, 0.3) is 0 Å². The molecule has 4 rings (SSSR count). The summed E-state index contributed by atoms with van der Waals surface area (Å²) in [4.78, 5) is 0. The van der Waals surface area contributed by atoms with E-state index < -0.39 is 23.5 Å². The highest BCUT2D eigenvalue weighted by atomic mass is 79.9. The largest absolute Gasteiger partial charge is 0.416 e. The molecule has 0 nitrogen and oxygen atoms in total. The topological polar surface area (TPSA) is 0 Å². The molecule has 0 N–H and O–H groups in total. The monoisotopic (exact) mass is 506 g/mol. The van der Waals surface area contributed by atoms with Crippen molar-refractivity contribution in [2.45, 2.75) is 75.6 Å². The van der Waals surface area contributed by atoms with Gasteiger partial charge in [-0.05, 0) is 66.8 Å². The Balaban J connectivity index is 0.000000176. The zero-order valence-corrected chi connectivity index (χ0v) is 18.6. The van der Waals surface area contributed by atoms with E-state index in [2.05, 4.69) is 15.9 Å². The zero-order valence-electron chi connectivity index (χ0n) is 17.0. The number of halogens is 7. The van der Waals surface area contributed by atoms with Crippen LogP contribution in [0, 0.1) is 0 Å². The fourth-order valence-corrected chi connectivity index (χ4v) is 5.08. The van der Waals surface area contributed by atoms with E-state index in [1.165, 1.54) is 18.2 Å². The van der Waals surface area contributed by atoms with Gasteiger partial charge in [0.05, 0.1) is 11.1 Å². The van der Waals surface area contributed by atoms with E-state index in [1.807, 2.05) is 0 Å². The van der Waals surface area contributed by atoms with Gasteiger partial charge in [0.1, 0.15) is 0 Å². The summed E-state index contributed by atoms with van der Waals surface area (Å²) < 4.78 is 77.2. The Morgan fingerprint density at radius 3 is 1.55 bits per heavy atom. The van der Waals surface area contributed by atoms with Crippen molar-refractivity contribution in [3.8, 4) is 0 Å². The molecule has 170 valence electrons. The van der Waals surface area contributed by atoms with Crippen LogP contribution in [0.15, 0.2) is 46.9 Å². The fourth-order valence-electron chi connectivity index (χ4n) is 4.71. The van der Waals surface area contributed by atoms with Gasteiger partial charge in [0, 0.05) is 4.47 Å². The van der Waals surface area contributed by atoms with Gasteiger partial charge in [-0.3, -0.25) is 0 Å². The molecule has 0 bridgehead atoms. The Morgan fingerprint density at radius 1 is 0.613 bits per heavy atom. The maximum Gasteiger partial charge on any atom is 0.416 e. The summed E-state index contributed by atoms with van der Waals surface area (Å²) in [6, 6.07) is 10.5. The smallest absolute Gasteiger partial charge is 0.166 e. The standard InChI is InChI=1S/C12H12BrF3.C12H13F3/c13-9-5-6-10(8-3-1-2-4-8)11(7-9)12(14,15)16;13-12(14,15)11-8-4-3-7-10(11)9-5-1-2-6-9/h5-8H,1-4H2;3-4,7-9H,1-2,5-6H2. The van der Waals surface area contributed by atoms with Crippen LogP contribution < -0.4 is 0 Å². The van der Waals surface area contributed by atoms with Gasteiger partial charge in [0.2, 0.25) is 0 Å². The first-order valence-electron chi connectivity index (χ1n) is 10.6. The molecule has 7 heteroatoms. The van der Waals surface area contributed by atoms with Crippen molar-refractivity contribution >= 4 is 15.9 Å². The molecule has 0 saturated heterocycles. The highest BCUT2D eigenvalue weighted by molar-refractivity contribution is 9.10. The normalized spacial score (nSPS) is 18.2. The lowest BCUT2D eigenvalue weighted by atomic mass is 9.93. The van der Waals surface area contributed by atoms with Gasteiger partial charge >= 0.3 is 12.4 Å². The molecule has 0 spiro atoms. The maximum atomic E-state index is 12.9. The first-order valence-corrected chi connectivity index (χ1v) is 11.4. The van der Waals surface area contributed by atoms with Crippen LogP contribution in [-0.4, -0.2) is 0 Å². The molecule has 2 aromatic carbocycles. The average Bonchev–Trinajstić information content (AvgIpc) is 3.41. The van der Waals surface area contributed by atoms with Crippen LogP contribution >= 0.6 is 15.9 Å². The summed E-state index contributed by atoms with van der Waals surface area (Å²) in [6.07, 6.45) is -0.722. The van der Waals surface area contributed by atoms with Crippen LogP contribution in [0.5, 0.6) is 0 Å². The quantitative estimate of drug-likeness (QED) is 0.355. The number of alkyl halides is 6. The summed E-state index contributed by atoms with van der Waals surface area (Å²) in [5.74, 6) is 0.201. The van der Waals surface area contributed by atoms with Gasteiger partial charge in [-0.15, -0.1) is 0 Å². The Morgan fingerprint density at radius 2 is 1.06 bits per heavy atom. The first kappa shape index (κ1) is 24.1. The molecule has 2 aliphatic rings. The van der Waals surface area contributed by atoms with Crippen molar-refractivity contribution in [1.29, 1.82) is 0 Å². The van der Waals surface area contributed by atoms with Gasteiger partial charge in [-0.25, -0.2) is 0 Å². The van der Waals surface area contributed by atoms with Gasteiger partial charge in [-0.2, -0.15) is 26.3 Å². The van der Waals surface area contributed by atoms with Crippen LogP contribution in [0.1, 0.15) is 85.5 Å². The molecule has 2 aromatic rings. The van der Waals surface area contributed by atoms with Crippen LogP contribution in [0.2, 0.25) is 0 Å². The molecule has 0 radical (unpaired) electrons. The van der Waals surface area contributed by atoms with E-state index in [0.29, 0.717) is 15.6 Å². The van der Waals surface area contributed by atoms with Crippen LogP contribution in [0.3, 0.4) is 0 Å². The predicted molar refractivity (Wildman–Crippen MR) is 113 cm³/mol. The van der Waals surface area contributed by atoms with Gasteiger partial charge < -0.3 is 0 Å². The van der Waals surface area contributed by atoms with Gasteiger partial charge in [0.25, 0.3) is 0 Å². The SMILES string of the molecule is FC(F)(F)c1cc(Br)ccc1C1CCCC1.FC(F)(F)c1ccccc1C1CCCC1. The molecular formula is C24H25BrF6. The Kier molecular flexibility index (Phi) is 7.76. The minimum atomic E-state index is -4.25. The first-order chi connectivity index (χ1) is 14.6. The summed E-state index contributed by atoms with van der Waals surface area (Å²) in [7, 11) is 0. The molecule has 0 amide bonds.